The van der Waals surface area contributed by atoms with E-state index in [-0.39, 0.29) is 24.8 Å². The van der Waals surface area contributed by atoms with Gasteiger partial charge in [-0.3, -0.25) is 4.79 Å². The van der Waals surface area contributed by atoms with E-state index in [0.29, 0.717) is 16.3 Å². The van der Waals surface area contributed by atoms with Crippen molar-refractivity contribution in [1.29, 1.82) is 0 Å². The third-order valence-electron chi connectivity index (χ3n) is 3.18. The first-order valence-corrected chi connectivity index (χ1v) is 7.58. The van der Waals surface area contributed by atoms with Crippen LogP contribution in [0.4, 0.5) is 13.2 Å². The Hall–Kier alpha value is -2.41. The van der Waals surface area contributed by atoms with Gasteiger partial charge in [0.1, 0.15) is 11.5 Å². The molecule has 0 saturated carbocycles. The van der Waals surface area contributed by atoms with Crippen molar-refractivity contribution in [3.05, 3.63) is 59.1 Å². The van der Waals surface area contributed by atoms with Crippen molar-refractivity contribution in [1.82, 2.24) is 4.90 Å². The third kappa shape index (κ3) is 6.54. The lowest BCUT2D eigenvalue weighted by molar-refractivity contribution is -0.274. The summed E-state index contributed by atoms with van der Waals surface area (Å²) < 4.78 is 45.5. The number of hydrogen-bond acceptors (Lipinski definition) is 3. The number of rotatable bonds is 6. The highest BCUT2D eigenvalue weighted by atomic mass is 35.5. The molecule has 0 aliphatic heterocycles. The molecule has 0 saturated heterocycles. The summed E-state index contributed by atoms with van der Waals surface area (Å²) in [4.78, 5) is 13.5. The summed E-state index contributed by atoms with van der Waals surface area (Å²) in [6.07, 6.45) is -4.73. The van der Waals surface area contributed by atoms with Crippen LogP contribution in [0.25, 0.3) is 0 Å². The number of amides is 1. The second-order valence-corrected chi connectivity index (χ2v) is 5.62. The lowest BCUT2D eigenvalue weighted by atomic mass is 10.2. The number of nitrogens with zero attached hydrogens (tertiary/aromatic N) is 1. The maximum absolute atomic E-state index is 12.1. The van der Waals surface area contributed by atoms with Crippen LogP contribution in [0.5, 0.6) is 11.5 Å². The Balaban J connectivity index is 1.84. The van der Waals surface area contributed by atoms with Gasteiger partial charge in [-0.1, -0.05) is 23.7 Å². The molecule has 0 spiro atoms. The lowest BCUT2D eigenvalue weighted by Gasteiger charge is -2.18. The molecule has 0 heterocycles. The summed E-state index contributed by atoms with van der Waals surface area (Å²) in [6, 6.07) is 11.9. The molecule has 2 rings (SSSR count). The second-order valence-electron chi connectivity index (χ2n) is 5.18. The fourth-order valence-electron chi connectivity index (χ4n) is 1.94. The van der Waals surface area contributed by atoms with Gasteiger partial charge in [-0.05, 0) is 42.0 Å². The molecular weight excluding hydrogens is 359 g/mol. The standard InChI is InChI=1S/C17H15ClF3NO3/c1-22(16(23)11-24-14-8-4-13(18)5-9-14)10-12-2-6-15(7-3-12)25-17(19,20)21/h2-9H,10-11H2,1H3. The van der Waals surface area contributed by atoms with E-state index in [1.807, 2.05) is 0 Å². The molecule has 0 fully saturated rings. The van der Waals surface area contributed by atoms with Gasteiger partial charge in [-0.2, -0.15) is 0 Å². The predicted molar refractivity (Wildman–Crippen MR) is 86.5 cm³/mol. The van der Waals surface area contributed by atoms with E-state index in [1.54, 1.807) is 31.3 Å². The molecule has 0 N–H and O–H groups in total. The van der Waals surface area contributed by atoms with Crippen molar-refractivity contribution in [3.8, 4) is 11.5 Å². The first-order chi connectivity index (χ1) is 11.7. The molecule has 0 atom stereocenters. The number of carbonyl (C=O) groups excluding carboxylic acids is 1. The van der Waals surface area contributed by atoms with Gasteiger partial charge in [0.25, 0.3) is 5.91 Å². The van der Waals surface area contributed by atoms with E-state index >= 15 is 0 Å². The van der Waals surface area contributed by atoms with Gasteiger partial charge in [0.15, 0.2) is 6.61 Å². The number of likely N-dealkylation sites (N-methyl/N-ethyl adjacent to an activating group) is 1. The zero-order valence-electron chi connectivity index (χ0n) is 13.2. The minimum absolute atomic E-state index is 0.159. The van der Waals surface area contributed by atoms with E-state index < -0.39 is 6.36 Å². The zero-order valence-corrected chi connectivity index (χ0v) is 14.0. The Labute approximate surface area is 147 Å². The monoisotopic (exact) mass is 373 g/mol. The SMILES string of the molecule is CN(Cc1ccc(OC(F)(F)F)cc1)C(=O)COc1ccc(Cl)cc1. The van der Waals surface area contributed by atoms with Gasteiger partial charge in [0, 0.05) is 18.6 Å². The fourth-order valence-corrected chi connectivity index (χ4v) is 2.07. The van der Waals surface area contributed by atoms with E-state index in [2.05, 4.69) is 4.74 Å². The van der Waals surface area contributed by atoms with Crippen LogP contribution in [0.3, 0.4) is 0 Å². The van der Waals surface area contributed by atoms with Crippen LogP contribution in [-0.2, 0) is 11.3 Å². The minimum Gasteiger partial charge on any atom is -0.484 e. The van der Waals surface area contributed by atoms with Crippen molar-refractivity contribution < 1.29 is 27.4 Å². The van der Waals surface area contributed by atoms with Crippen LogP contribution < -0.4 is 9.47 Å². The molecule has 1 amide bonds. The first kappa shape index (κ1) is 18.9. The molecule has 0 bridgehead atoms. The molecule has 0 radical (unpaired) electrons. The van der Waals surface area contributed by atoms with E-state index in [9.17, 15) is 18.0 Å². The summed E-state index contributed by atoms with van der Waals surface area (Å²) in [5.41, 5.74) is 0.664. The van der Waals surface area contributed by atoms with Crippen LogP contribution >= 0.6 is 11.6 Å². The molecule has 25 heavy (non-hydrogen) atoms. The molecule has 0 unspecified atom stereocenters. The number of benzene rings is 2. The van der Waals surface area contributed by atoms with Crippen LogP contribution in [0.15, 0.2) is 48.5 Å². The van der Waals surface area contributed by atoms with Gasteiger partial charge in [0.05, 0.1) is 0 Å². The van der Waals surface area contributed by atoms with E-state index in [0.717, 1.165) is 0 Å². The highest BCUT2D eigenvalue weighted by Gasteiger charge is 2.30. The molecule has 4 nitrogen and oxygen atoms in total. The van der Waals surface area contributed by atoms with Gasteiger partial charge >= 0.3 is 6.36 Å². The number of halogens is 4. The molecule has 134 valence electrons. The highest BCUT2D eigenvalue weighted by Crippen LogP contribution is 2.23. The summed E-state index contributed by atoms with van der Waals surface area (Å²) in [5.74, 6) is -0.0679. The third-order valence-corrected chi connectivity index (χ3v) is 3.43. The molecule has 2 aromatic carbocycles. The lowest BCUT2D eigenvalue weighted by Crippen LogP contribution is -2.30. The Kier molecular flexibility index (Phi) is 6.14. The Morgan fingerprint density at radius 2 is 1.60 bits per heavy atom. The largest absolute Gasteiger partial charge is 0.573 e. The Bertz CT molecular complexity index is 703. The smallest absolute Gasteiger partial charge is 0.484 e. The number of carbonyl (C=O) groups is 1. The molecule has 2 aromatic rings. The maximum Gasteiger partial charge on any atom is 0.573 e. The number of hydrogen-bond donors (Lipinski definition) is 0. The van der Waals surface area contributed by atoms with Crippen LogP contribution in [0.1, 0.15) is 5.56 Å². The first-order valence-electron chi connectivity index (χ1n) is 7.20. The number of ether oxygens (including phenoxy) is 2. The topological polar surface area (TPSA) is 38.8 Å². The van der Waals surface area contributed by atoms with Crippen molar-refractivity contribution in [2.75, 3.05) is 13.7 Å². The highest BCUT2D eigenvalue weighted by molar-refractivity contribution is 6.30. The average Bonchev–Trinajstić information content (AvgIpc) is 2.54. The van der Waals surface area contributed by atoms with Gasteiger partial charge in [-0.25, -0.2) is 0 Å². The van der Waals surface area contributed by atoms with Crippen molar-refractivity contribution in [3.63, 3.8) is 0 Å². The molecule has 0 aliphatic carbocycles. The zero-order chi connectivity index (χ0) is 18.4. The summed E-state index contributed by atoms with van der Waals surface area (Å²) in [6.45, 7) is 0.0719. The fraction of sp³-hybridized carbons (Fsp3) is 0.235. The summed E-state index contributed by atoms with van der Waals surface area (Å²) >= 11 is 5.76. The van der Waals surface area contributed by atoms with Crippen LogP contribution in [0, 0.1) is 0 Å². The van der Waals surface area contributed by atoms with E-state index in [1.165, 1.54) is 29.2 Å². The normalized spacial score (nSPS) is 11.1. The van der Waals surface area contributed by atoms with Gasteiger partial charge < -0.3 is 14.4 Å². The quantitative estimate of drug-likeness (QED) is 0.758. The average molecular weight is 374 g/mol. The predicted octanol–water partition coefficient (Wildman–Crippen LogP) is 4.28. The molecule has 0 aliphatic rings. The van der Waals surface area contributed by atoms with Crippen molar-refractivity contribution in [2.24, 2.45) is 0 Å². The Morgan fingerprint density at radius 1 is 1.04 bits per heavy atom. The van der Waals surface area contributed by atoms with Crippen molar-refractivity contribution in [2.45, 2.75) is 12.9 Å². The van der Waals surface area contributed by atoms with Gasteiger partial charge in [-0.15, -0.1) is 13.2 Å². The minimum atomic E-state index is -4.73. The molecular formula is C17H15ClF3NO3. The van der Waals surface area contributed by atoms with Crippen LogP contribution in [-0.4, -0.2) is 30.8 Å². The summed E-state index contributed by atoms with van der Waals surface area (Å²) in [5, 5.41) is 0.564. The number of alkyl halides is 3. The molecule has 8 heteroatoms. The second kappa shape index (κ2) is 8.11. The van der Waals surface area contributed by atoms with Crippen LogP contribution in [0.2, 0.25) is 5.02 Å². The van der Waals surface area contributed by atoms with Gasteiger partial charge in [0.2, 0.25) is 0 Å². The molecule has 0 aromatic heterocycles. The van der Waals surface area contributed by atoms with E-state index in [4.69, 9.17) is 16.3 Å². The maximum atomic E-state index is 12.1. The Morgan fingerprint density at radius 3 is 2.16 bits per heavy atom. The van der Waals surface area contributed by atoms with Crippen molar-refractivity contribution >= 4 is 17.5 Å². The summed E-state index contributed by atoms with van der Waals surface area (Å²) in [7, 11) is 1.58.